The largest absolute Gasteiger partial charge is 0.342 e. The first-order chi connectivity index (χ1) is 8.48. The van der Waals surface area contributed by atoms with E-state index in [1.165, 1.54) is 0 Å². The van der Waals surface area contributed by atoms with Gasteiger partial charge in [-0.05, 0) is 25.7 Å². The SMILES string of the molecule is CCC(C)C1NC(=O)CN(C2(C)CCCC2)C1=O. The van der Waals surface area contributed by atoms with Gasteiger partial charge in [0.25, 0.3) is 0 Å². The van der Waals surface area contributed by atoms with E-state index in [0.717, 1.165) is 32.1 Å². The topological polar surface area (TPSA) is 49.4 Å². The first-order valence-electron chi connectivity index (χ1n) is 7.09. The van der Waals surface area contributed by atoms with E-state index < -0.39 is 0 Å². The third-order valence-electron chi connectivity index (χ3n) is 4.70. The fourth-order valence-electron chi connectivity index (χ4n) is 3.16. The van der Waals surface area contributed by atoms with Crippen molar-refractivity contribution in [2.75, 3.05) is 6.54 Å². The zero-order valence-electron chi connectivity index (χ0n) is 11.7. The van der Waals surface area contributed by atoms with Gasteiger partial charge in [-0.2, -0.15) is 0 Å². The normalized spacial score (nSPS) is 29.3. The van der Waals surface area contributed by atoms with Crippen LogP contribution < -0.4 is 5.32 Å². The van der Waals surface area contributed by atoms with Gasteiger partial charge in [0, 0.05) is 5.54 Å². The smallest absolute Gasteiger partial charge is 0.246 e. The van der Waals surface area contributed by atoms with E-state index in [4.69, 9.17) is 0 Å². The Bertz CT molecular complexity index is 348. The molecule has 1 aliphatic carbocycles. The van der Waals surface area contributed by atoms with Crippen molar-refractivity contribution in [3.8, 4) is 0 Å². The molecule has 0 radical (unpaired) electrons. The maximum absolute atomic E-state index is 12.6. The first kappa shape index (κ1) is 13.4. The van der Waals surface area contributed by atoms with Gasteiger partial charge in [-0.1, -0.05) is 33.1 Å². The molecule has 18 heavy (non-hydrogen) atoms. The summed E-state index contributed by atoms with van der Waals surface area (Å²) in [5.74, 6) is 0.315. The summed E-state index contributed by atoms with van der Waals surface area (Å²) in [7, 11) is 0. The van der Waals surface area contributed by atoms with Gasteiger partial charge in [0.05, 0.1) is 0 Å². The van der Waals surface area contributed by atoms with Crippen molar-refractivity contribution >= 4 is 11.8 Å². The number of carbonyl (C=O) groups is 2. The number of piperazine rings is 1. The van der Waals surface area contributed by atoms with Gasteiger partial charge >= 0.3 is 0 Å². The maximum atomic E-state index is 12.6. The second-order valence-electron chi connectivity index (χ2n) is 6.06. The minimum Gasteiger partial charge on any atom is -0.342 e. The van der Waals surface area contributed by atoms with Crippen LogP contribution >= 0.6 is 0 Å². The molecule has 0 aromatic heterocycles. The van der Waals surface area contributed by atoms with Crippen molar-refractivity contribution in [2.45, 2.75) is 64.5 Å². The van der Waals surface area contributed by atoms with Crippen LogP contribution in [0.5, 0.6) is 0 Å². The van der Waals surface area contributed by atoms with Crippen molar-refractivity contribution < 1.29 is 9.59 Å². The molecule has 0 bridgehead atoms. The van der Waals surface area contributed by atoms with Gasteiger partial charge in [-0.15, -0.1) is 0 Å². The molecule has 2 amide bonds. The summed E-state index contributed by atoms with van der Waals surface area (Å²) in [5.41, 5.74) is -0.0967. The second-order valence-corrected chi connectivity index (χ2v) is 6.06. The number of hydrogen-bond acceptors (Lipinski definition) is 2. The summed E-state index contributed by atoms with van der Waals surface area (Å²) in [6.45, 7) is 6.45. The van der Waals surface area contributed by atoms with Gasteiger partial charge in [-0.3, -0.25) is 9.59 Å². The molecule has 1 N–H and O–H groups in total. The lowest BCUT2D eigenvalue weighted by molar-refractivity contribution is -0.151. The van der Waals surface area contributed by atoms with Crippen LogP contribution in [0.1, 0.15) is 52.9 Å². The molecule has 0 spiro atoms. The maximum Gasteiger partial charge on any atom is 0.246 e. The van der Waals surface area contributed by atoms with Crippen LogP contribution in [0.4, 0.5) is 0 Å². The Balaban J connectivity index is 2.20. The Morgan fingerprint density at radius 1 is 1.39 bits per heavy atom. The van der Waals surface area contributed by atoms with E-state index >= 15 is 0 Å². The molecule has 4 heteroatoms. The van der Waals surface area contributed by atoms with Gasteiger partial charge in [0.15, 0.2) is 0 Å². The zero-order chi connectivity index (χ0) is 13.3. The Labute approximate surface area is 109 Å². The van der Waals surface area contributed by atoms with Gasteiger partial charge in [0.1, 0.15) is 12.6 Å². The minimum atomic E-state index is -0.325. The highest BCUT2D eigenvalue weighted by Gasteiger charge is 2.45. The van der Waals surface area contributed by atoms with Crippen molar-refractivity contribution in [1.29, 1.82) is 0 Å². The van der Waals surface area contributed by atoms with Crippen LogP contribution in [0, 0.1) is 5.92 Å². The summed E-state index contributed by atoms with van der Waals surface area (Å²) in [4.78, 5) is 26.3. The molecule has 2 aliphatic rings. The van der Waals surface area contributed by atoms with Crippen LogP contribution in [0.3, 0.4) is 0 Å². The lowest BCUT2D eigenvalue weighted by atomic mass is 9.91. The lowest BCUT2D eigenvalue weighted by Crippen LogP contribution is -2.65. The highest BCUT2D eigenvalue weighted by Crippen LogP contribution is 2.36. The highest BCUT2D eigenvalue weighted by molar-refractivity contribution is 5.95. The van der Waals surface area contributed by atoms with E-state index in [1.807, 2.05) is 11.8 Å². The molecular formula is C14H24N2O2. The summed E-state index contributed by atoms with van der Waals surface area (Å²) >= 11 is 0. The lowest BCUT2D eigenvalue weighted by Gasteiger charge is -2.44. The molecule has 4 nitrogen and oxygen atoms in total. The van der Waals surface area contributed by atoms with E-state index in [1.54, 1.807) is 0 Å². The van der Waals surface area contributed by atoms with E-state index in [-0.39, 0.29) is 35.9 Å². The Hall–Kier alpha value is -1.06. The van der Waals surface area contributed by atoms with Crippen LogP contribution in [0.15, 0.2) is 0 Å². The number of nitrogens with zero attached hydrogens (tertiary/aromatic N) is 1. The monoisotopic (exact) mass is 252 g/mol. The van der Waals surface area contributed by atoms with Crippen LogP contribution in [0.25, 0.3) is 0 Å². The molecule has 2 fully saturated rings. The van der Waals surface area contributed by atoms with Crippen molar-refractivity contribution in [3.05, 3.63) is 0 Å². The molecular weight excluding hydrogens is 228 g/mol. The van der Waals surface area contributed by atoms with E-state index in [2.05, 4.69) is 19.2 Å². The van der Waals surface area contributed by atoms with Crippen LogP contribution in [-0.4, -0.2) is 34.8 Å². The Kier molecular flexibility index (Phi) is 3.64. The highest BCUT2D eigenvalue weighted by atomic mass is 16.2. The summed E-state index contributed by atoms with van der Waals surface area (Å²) in [6.07, 6.45) is 5.28. The summed E-state index contributed by atoms with van der Waals surface area (Å²) in [5, 5.41) is 2.86. The molecule has 1 saturated carbocycles. The molecule has 0 aromatic rings. The van der Waals surface area contributed by atoms with Crippen LogP contribution in [-0.2, 0) is 9.59 Å². The quantitative estimate of drug-likeness (QED) is 0.831. The standard InChI is InChI=1S/C14H24N2O2/c1-4-10(2)12-13(18)16(9-11(17)15-12)14(3)7-5-6-8-14/h10,12H,4-9H2,1-3H3,(H,15,17). The van der Waals surface area contributed by atoms with E-state index in [0.29, 0.717) is 0 Å². The Morgan fingerprint density at radius 3 is 2.56 bits per heavy atom. The molecule has 1 heterocycles. The fraction of sp³-hybridized carbons (Fsp3) is 0.857. The number of amides is 2. The fourth-order valence-corrected chi connectivity index (χ4v) is 3.16. The minimum absolute atomic E-state index is 0.00646. The number of carbonyl (C=O) groups excluding carboxylic acids is 2. The summed E-state index contributed by atoms with van der Waals surface area (Å²) < 4.78 is 0. The third kappa shape index (κ3) is 2.25. The molecule has 2 unspecified atom stereocenters. The molecule has 0 aromatic carbocycles. The second kappa shape index (κ2) is 4.90. The predicted molar refractivity (Wildman–Crippen MR) is 70.0 cm³/mol. The summed E-state index contributed by atoms with van der Waals surface area (Å²) in [6, 6.07) is -0.325. The first-order valence-corrected chi connectivity index (χ1v) is 7.09. The van der Waals surface area contributed by atoms with Crippen molar-refractivity contribution in [1.82, 2.24) is 10.2 Å². The molecule has 2 atom stereocenters. The number of hydrogen-bond donors (Lipinski definition) is 1. The van der Waals surface area contributed by atoms with Gasteiger partial charge in [-0.25, -0.2) is 0 Å². The molecule has 102 valence electrons. The van der Waals surface area contributed by atoms with Crippen LogP contribution in [0.2, 0.25) is 0 Å². The molecule has 1 saturated heterocycles. The molecule has 1 aliphatic heterocycles. The van der Waals surface area contributed by atoms with Crippen molar-refractivity contribution in [3.63, 3.8) is 0 Å². The number of rotatable bonds is 3. The van der Waals surface area contributed by atoms with Gasteiger partial charge in [0.2, 0.25) is 11.8 Å². The van der Waals surface area contributed by atoms with E-state index in [9.17, 15) is 9.59 Å². The number of nitrogens with one attached hydrogen (secondary N) is 1. The third-order valence-corrected chi connectivity index (χ3v) is 4.70. The van der Waals surface area contributed by atoms with Crippen molar-refractivity contribution in [2.24, 2.45) is 5.92 Å². The average Bonchev–Trinajstić information content (AvgIpc) is 2.78. The van der Waals surface area contributed by atoms with Gasteiger partial charge < -0.3 is 10.2 Å². The Morgan fingerprint density at radius 2 is 2.00 bits per heavy atom. The predicted octanol–water partition coefficient (Wildman–Crippen LogP) is 1.69. The molecule has 2 rings (SSSR count). The average molecular weight is 252 g/mol. The zero-order valence-corrected chi connectivity index (χ0v) is 11.7.